The van der Waals surface area contributed by atoms with Crippen molar-refractivity contribution < 1.29 is 19.4 Å². The van der Waals surface area contributed by atoms with E-state index in [-0.39, 0.29) is 17.9 Å². The van der Waals surface area contributed by atoms with E-state index < -0.39 is 17.2 Å². The van der Waals surface area contributed by atoms with Crippen LogP contribution in [0.3, 0.4) is 0 Å². The average Bonchev–Trinajstić information content (AvgIpc) is 2.35. The van der Waals surface area contributed by atoms with Crippen LogP contribution < -0.4 is 0 Å². The summed E-state index contributed by atoms with van der Waals surface area (Å²) in [5.74, 6) is -1.08. The molecule has 1 amide bonds. The Bertz CT molecular complexity index is 576. The number of ether oxygens (including phenoxy) is 1. The van der Waals surface area contributed by atoms with Gasteiger partial charge in [0.1, 0.15) is 0 Å². The van der Waals surface area contributed by atoms with E-state index >= 15 is 0 Å². The van der Waals surface area contributed by atoms with Crippen LogP contribution in [0.5, 0.6) is 0 Å². The Hall–Kier alpha value is -1.88. The third kappa shape index (κ3) is 3.85. The predicted octanol–water partition coefficient (Wildman–Crippen LogP) is 2.34. The van der Waals surface area contributed by atoms with Gasteiger partial charge in [0.25, 0.3) is 0 Å². The van der Waals surface area contributed by atoms with Crippen molar-refractivity contribution in [2.75, 3.05) is 13.1 Å². The van der Waals surface area contributed by atoms with E-state index in [9.17, 15) is 14.7 Å². The number of amides is 1. The summed E-state index contributed by atoms with van der Waals surface area (Å²) in [4.78, 5) is 25.6. The smallest absolute Gasteiger partial charge is 0.335 e. The van der Waals surface area contributed by atoms with Crippen molar-refractivity contribution in [2.24, 2.45) is 0 Å². The van der Waals surface area contributed by atoms with Crippen molar-refractivity contribution >= 4 is 11.9 Å². The number of carboxylic acids is 1. The lowest BCUT2D eigenvalue weighted by atomic mass is 9.97. The van der Waals surface area contributed by atoms with Crippen LogP contribution in [0.1, 0.15) is 43.6 Å². The molecule has 1 heterocycles. The Morgan fingerprint density at radius 3 is 2.23 bits per heavy atom. The summed E-state index contributed by atoms with van der Waals surface area (Å²) in [6.07, 6.45) is 0.0919. The van der Waals surface area contributed by atoms with Crippen LogP contribution in [0.4, 0.5) is 0 Å². The van der Waals surface area contributed by atoms with Gasteiger partial charge in [-0.1, -0.05) is 18.2 Å². The van der Waals surface area contributed by atoms with Crippen molar-refractivity contribution in [1.82, 2.24) is 4.90 Å². The number of aromatic carboxylic acids is 1. The first kappa shape index (κ1) is 16.5. The Labute approximate surface area is 130 Å². The van der Waals surface area contributed by atoms with Gasteiger partial charge in [-0.15, -0.1) is 0 Å². The predicted molar refractivity (Wildman–Crippen MR) is 82.9 cm³/mol. The summed E-state index contributed by atoms with van der Waals surface area (Å²) in [5, 5.41) is 9.21. The number of carboxylic acid groups (broad SMARTS) is 1. The normalized spacial score (nSPS) is 19.7. The topological polar surface area (TPSA) is 66.8 Å². The standard InChI is InChI=1S/C17H23NO4/c1-16(2)10-18(11-17(3,4)22-16)14(19)9-12-7-5-6-8-13(12)15(20)21/h5-8H,9-11H2,1-4H3,(H,20,21). The number of carbonyl (C=O) groups excluding carboxylic acids is 1. The van der Waals surface area contributed by atoms with E-state index in [2.05, 4.69) is 0 Å². The molecule has 5 nitrogen and oxygen atoms in total. The lowest BCUT2D eigenvalue weighted by molar-refractivity contribution is -0.187. The van der Waals surface area contributed by atoms with Gasteiger partial charge in [0.05, 0.1) is 23.2 Å². The second-order valence-corrected chi connectivity index (χ2v) is 7.01. The van der Waals surface area contributed by atoms with Crippen LogP contribution in [0.15, 0.2) is 24.3 Å². The quantitative estimate of drug-likeness (QED) is 0.931. The minimum absolute atomic E-state index is 0.0712. The summed E-state index contributed by atoms with van der Waals surface area (Å²) in [5.41, 5.74) is -0.0993. The lowest BCUT2D eigenvalue weighted by Gasteiger charge is -2.47. The maximum Gasteiger partial charge on any atom is 0.335 e. The lowest BCUT2D eigenvalue weighted by Crippen LogP contribution is -2.58. The first-order valence-corrected chi connectivity index (χ1v) is 7.39. The van der Waals surface area contributed by atoms with Crippen molar-refractivity contribution in [1.29, 1.82) is 0 Å². The molecule has 1 aromatic carbocycles. The van der Waals surface area contributed by atoms with Gasteiger partial charge in [0, 0.05) is 13.1 Å². The number of hydrogen-bond acceptors (Lipinski definition) is 3. The van der Waals surface area contributed by atoms with Crippen LogP contribution in [0, 0.1) is 0 Å². The van der Waals surface area contributed by atoms with Crippen LogP contribution in [0.2, 0.25) is 0 Å². The first-order chi connectivity index (χ1) is 10.1. The number of hydrogen-bond donors (Lipinski definition) is 1. The van der Waals surface area contributed by atoms with Crippen LogP contribution in [0.25, 0.3) is 0 Å². The van der Waals surface area contributed by atoms with Gasteiger partial charge in [0.2, 0.25) is 5.91 Å². The van der Waals surface area contributed by atoms with E-state index in [0.29, 0.717) is 18.7 Å². The molecular formula is C17H23NO4. The number of nitrogens with zero attached hydrogens (tertiary/aromatic N) is 1. The second-order valence-electron chi connectivity index (χ2n) is 7.01. The SMILES string of the molecule is CC1(C)CN(C(=O)Cc2ccccc2C(=O)O)CC(C)(C)O1. The maximum absolute atomic E-state index is 12.6. The number of benzene rings is 1. The number of rotatable bonds is 3. The third-order valence-electron chi connectivity index (χ3n) is 3.64. The Kier molecular flexibility index (Phi) is 4.29. The van der Waals surface area contributed by atoms with Crippen molar-refractivity contribution in [3.8, 4) is 0 Å². The fourth-order valence-electron chi connectivity index (χ4n) is 3.12. The summed E-state index contributed by atoms with van der Waals surface area (Å²) < 4.78 is 5.97. The Balaban J connectivity index is 2.17. The number of morpholine rings is 1. The molecule has 1 fully saturated rings. The zero-order chi connectivity index (χ0) is 16.5. The molecule has 0 bridgehead atoms. The van der Waals surface area contributed by atoms with Gasteiger partial charge < -0.3 is 14.7 Å². The highest BCUT2D eigenvalue weighted by Crippen LogP contribution is 2.28. The van der Waals surface area contributed by atoms with Crippen LogP contribution in [-0.4, -0.2) is 46.2 Å². The number of carbonyl (C=O) groups is 2. The van der Waals surface area contributed by atoms with E-state index in [4.69, 9.17) is 4.74 Å². The molecule has 5 heteroatoms. The first-order valence-electron chi connectivity index (χ1n) is 7.39. The molecule has 1 aliphatic heterocycles. The third-order valence-corrected chi connectivity index (χ3v) is 3.64. The summed E-state index contributed by atoms with van der Waals surface area (Å²) in [7, 11) is 0. The Morgan fingerprint density at radius 1 is 1.14 bits per heavy atom. The van der Waals surface area contributed by atoms with E-state index in [1.165, 1.54) is 6.07 Å². The second kappa shape index (κ2) is 5.72. The molecule has 1 saturated heterocycles. The molecule has 0 atom stereocenters. The van der Waals surface area contributed by atoms with Crippen molar-refractivity contribution in [2.45, 2.75) is 45.3 Å². The molecule has 1 N–H and O–H groups in total. The molecule has 120 valence electrons. The van der Waals surface area contributed by atoms with Crippen LogP contribution >= 0.6 is 0 Å². The molecule has 1 aliphatic rings. The van der Waals surface area contributed by atoms with Gasteiger partial charge in [-0.2, -0.15) is 0 Å². The summed E-state index contributed by atoms with van der Waals surface area (Å²) >= 11 is 0. The van der Waals surface area contributed by atoms with Gasteiger partial charge in [-0.3, -0.25) is 4.79 Å². The maximum atomic E-state index is 12.6. The van der Waals surface area contributed by atoms with Gasteiger partial charge in [0.15, 0.2) is 0 Å². The van der Waals surface area contributed by atoms with E-state index in [1.807, 2.05) is 27.7 Å². The zero-order valence-corrected chi connectivity index (χ0v) is 13.5. The summed E-state index contributed by atoms with van der Waals surface area (Å²) in [6, 6.07) is 6.64. The van der Waals surface area contributed by atoms with Crippen molar-refractivity contribution in [3.05, 3.63) is 35.4 Å². The fourth-order valence-corrected chi connectivity index (χ4v) is 3.12. The molecule has 0 radical (unpaired) electrons. The molecule has 0 aliphatic carbocycles. The zero-order valence-electron chi connectivity index (χ0n) is 13.5. The highest BCUT2D eigenvalue weighted by Gasteiger charge is 2.39. The van der Waals surface area contributed by atoms with Gasteiger partial charge in [-0.25, -0.2) is 4.79 Å². The largest absolute Gasteiger partial charge is 0.478 e. The molecule has 0 spiro atoms. The average molecular weight is 305 g/mol. The summed E-state index contributed by atoms with van der Waals surface area (Å²) in [6.45, 7) is 8.84. The van der Waals surface area contributed by atoms with Gasteiger partial charge >= 0.3 is 5.97 Å². The van der Waals surface area contributed by atoms with Crippen molar-refractivity contribution in [3.63, 3.8) is 0 Å². The minimum atomic E-state index is -1.01. The van der Waals surface area contributed by atoms with E-state index in [1.54, 1.807) is 23.1 Å². The van der Waals surface area contributed by atoms with Crippen LogP contribution in [-0.2, 0) is 16.0 Å². The monoisotopic (exact) mass is 305 g/mol. The highest BCUT2D eigenvalue weighted by molar-refractivity contribution is 5.91. The molecule has 2 rings (SSSR count). The highest BCUT2D eigenvalue weighted by atomic mass is 16.5. The molecule has 0 aromatic heterocycles. The molecule has 0 unspecified atom stereocenters. The minimum Gasteiger partial charge on any atom is -0.478 e. The van der Waals surface area contributed by atoms with E-state index in [0.717, 1.165) is 0 Å². The Morgan fingerprint density at radius 2 is 1.68 bits per heavy atom. The molecule has 22 heavy (non-hydrogen) atoms. The molecular weight excluding hydrogens is 282 g/mol. The fraction of sp³-hybridized carbons (Fsp3) is 0.529. The molecule has 0 saturated carbocycles. The molecule has 1 aromatic rings. The van der Waals surface area contributed by atoms with Gasteiger partial charge in [-0.05, 0) is 39.3 Å².